The average molecular weight is 484 g/mol. The number of carbonyl (C=O) groups is 1. The van der Waals surface area contributed by atoms with Crippen molar-refractivity contribution in [3.8, 4) is 11.4 Å². The summed E-state index contributed by atoms with van der Waals surface area (Å²) in [6, 6.07) is 10.6. The van der Waals surface area contributed by atoms with Gasteiger partial charge in [0, 0.05) is 31.9 Å². The number of amides is 1. The Labute approximate surface area is 192 Å². The number of nitrogens with zero attached hydrogens (tertiary/aromatic N) is 4. The summed E-state index contributed by atoms with van der Waals surface area (Å²) >= 11 is 7.08. The summed E-state index contributed by atoms with van der Waals surface area (Å²) < 4.78 is 40.6. The van der Waals surface area contributed by atoms with Crippen molar-refractivity contribution in [2.45, 2.75) is 24.8 Å². The van der Waals surface area contributed by atoms with Crippen molar-refractivity contribution in [3.63, 3.8) is 0 Å². The van der Waals surface area contributed by atoms with Crippen molar-refractivity contribution < 1.29 is 18.0 Å². The van der Waals surface area contributed by atoms with Gasteiger partial charge >= 0.3 is 6.18 Å². The zero-order chi connectivity index (χ0) is 23.5. The number of anilines is 2. The summed E-state index contributed by atoms with van der Waals surface area (Å²) in [4.78, 5) is 14.3. The fraction of sp³-hybridized carbons (Fsp3) is 0.286. The number of hydrogen-bond acceptors (Lipinski definition) is 5. The minimum Gasteiger partial charge on any atom is -0.378 e. The normalized spacial score (nSPS) is 11.5. The van der Waals surface area contributed by atoms with Crippen molar-refractivity contribution in [2.24, 2.45) is 0 Å². The molecule has 3 aromatic rings. The van der Waals surface area contributed by atoms with E-state index in [1.807, 2.05) is 54.8 Å². The van der Waals surface area contributed by atoms with E-state index < -0.39 is 17.6 Å². The summed E-state index contributed by atoms with van der Waals surface area (Å²) in [5, 5.41) is 11.4. The van der Waals surface area contributed by atoms with Crippen LogP contribution in [0.25, 0.3) is 11.4 Å². The summed E-state index contributed by atoms with van der Waals surface area (Å²) in [6.07, 6.45) is -4.53. The summed E-state index contributed by atoms with van der Waals surface area (Å²) in [6.45, 7) is 2.52. The Hall–Kier alpha value is -2.72. The molecule has 1 heterocycles. The zero-order valence-corrected chi connectivity index (χ0v) is 19.1. The number of hydrogen-bond donors (Lipinski definition) is 1. The molecule has 32 heavy (non-hydrogen) atoms. The molecule has 0 aliphatic rings. The highest BCUT2D eigenvalue weighted by atomic mass is 35.5. The third kappa shape index (κ3) is 5.55. The van der Waals surface area contributed by atoms with Gasteiger partial charge in [-0.15, -0.1) is 10.2 Å². The van der Waals surface area contributed by atoms with Crippen LogP contribution >= 0.6 is 23.4 Å². The predicted molar refractivity (Wildman–Crippen MR) is 121 cm³/mol. The molecular weight excluding hydrogens is 463 g/mol. The molecule has 0 saturated heterocycles. The monoisotopic (exact) mass is 483 g/mol. The maximum absolute atomic E-state index is 12.9. The van der Waals surface area contributed by atoms with Gasteiger partial charge in [0.05, 0.1) is 22.0 Å². The van der Waals surface area contributed by atoms with Crippen LogP contribution in [-0.4, -0.2) is 40.5 Å². The molecule has 0 aliphatic carbocycles. The summed E-state index contributed by atoms with van der Waals surface area (Å²) in [5.41, 5.74) is 0.919. The second-order valence-corrected chi connectivity index (χ2v) is 8.37. The van der Waals surface area contributed by atoms with Crippen molar-refractivity contribution in [2.75, 3.05) is 30.1 Å². The van der Waals surface area contributed by atoms with Gasteiger partial charge in [-0.05, 0) is 37.3 Å². The second-order valence-electron chi connectivity index (χ2n) is 7.02. The fourth-order valence-electron chi connectivity index (χ4n) is 2.93. The first-order valence-electron chi connectivity index (χ1n) is 9.60. The summed E-state index contributed by atoms with van der Waals surface area (Å²) in [5.74, 6) is 0.0979. The van der Waals surface area contributed by atoms with Gasteiger partial charge in [-0.3, -0.25) is 4.79 Å². The SMILES string of the molecule is CCn1c(SCC(=O)Nc2cc(C(F)(F)F)ccc2Cl)nnc1-c1cccc(N(C)C)c1. The number of alkyl halides is 3. The van der Waals surface area contributed by atoms with Crippen LogP contribution in [0.1, 0.15) is 12.5 Å². The van der Waals surface area contributed by atoms with Gasteiger partial charge < -0.3 is 14.8 Å². The Morgan fingerprint density at radius 3 is 2.59 bits per heavy atom. The molecule has 6 nitrogen and oxygen atoms in total. The molecule has 0 radical (unpaired) electrons. The topological polar surface area (TPSA) is 63.1 Å². The van der Waals surface area contributed by atoms with Crippen LogP contribution in [0.3, 0.4) is 0 Å². The Kier molecular flexibility index (Phi) is 7.35. The van der Waals surface area contributed by atoms with Crippen molar-refractivity contribution in [3.05, 3.63) is 53.1 Å². The van der Waals surface area contributed by atoms with E-state index in [1.165, 1.54) is 0 Å². The fourth-order valence-corrected chi connectivity index (χ4v) is 3.90. The molecule has 11 heteroatoms. The van der Waals surface area contributed by atoms with E-state index in [2.05, 4.69) is 15.5 Å². The highest BCUT2D eigenvalue weighted by Crippen LogP contribution is 2.34. The van der Waals surface area contributed by atoms with Gasteiger partial charge in [0.15, 0.2) is 11.0 Å². The van der Waals surface area contributed by atoms with E-state index in [4.69, 9.17) is 11.6 Å². The van der Waals surface area contributed by atoms with E-state index >= 15 is 0 Å². The van der Waals surface area contributed by atoms with Crippen molar-refractivity contribution >= 4 is 40.6 Å². The third-order valence-electron chi connectivity index (χ3n) is 4.55. The molecule has 0 atom stereocenters. The molecule has 1 amide bonds. The Morgan fingerprint density at radius 2 is 1.94 bits per heavy atom. The first-order valence-corrected chi connectivity index (χ1v) is 11.0. The molecule has 0 aliphatic heterocycles. The first kappa shape index (κ1) is 23.9. The molecule has 170 valence electrons. The van der Waals surface area contributed by atoms with Gasteiger partial charge in [0.2, 0.25) is 5.91 Å². The van der Waals surface area contributed by atoms with Gasteiger partial charge in [-0.2, -0.15) is 13.2 Å². The molecule has 0 bridgehead atoms. The predicted octanol–water partition coefficient (Wildman–Crippen LogP) is 5.43. The standard InChI is InChI=1S/C21H21ClF3N5OS/c1-4-30-19(13-6-5-7-15(10-13)29(2)3)27-28-20(30)32-12-18(31)26-17-11-14(21(23,24)25)8-9-16(17)22/h5-11H,4,12H2,1-3H3,(H,26,31). The number of halogens is 4. The quantitative estimate of drug-likeness (QED) is 0.454. The molecule has 0 fully saturated rings. The van der Waals surface area contributed by atoms with Crippen LogP contribution in [0.5, 0.6) is 0 Å². The highest BCUT2D eigenvalue weighted by molar-refractivity contribution is 7.99. The lowest BCUT2D eigenvalue weighted by atomic mass is 10.2. The van der Waals surface area contributed by atoms with E-state index in [0.29, 0.717) is 17.5 Å². The molecule has 0 spiro atoms. The van der Waals surface area contributed by atoms with Gasteiger partial charge in [-0.1, -0.05) is 35.5 Å². The molecule has 1 N–H and O–H groups in total. The number of thioether (sulfide) groups is 1. The minimum absolute atomic E-state index is 0.0242. The maximum Gasteiger partial charge on any atom is 0.416 e. The molecular formula is C21H21ClF3N5OS. The van der Waals surface area contributed by atoms with Crippen LogP contribution in [0.15, 0.2) is 47.6 Å². The lowest BCUT2D eigenvalue weighted by Crippen LogP contribution is -2.16. The summed E-state index contributed by atoms with van der Waals surface area (Å²) in [7, 11) is 3.89. The second kappa shape index (κ2) is 9.83. The molecule has 2 aromatic carbocycles. The lowest BCUT2D eigenvalue weighted by Gasteiger charge is -2.14. The Balaban J connectivity index is 1.73. The van der Waals surface area contributed by atoms with Crippen molar-refractivity contribution in [1.29, 1.82) is 0 Å². The molecule has 3 rings (SSSR count). The van der Waals surface area contributed by atoms with Crippen LogP contribution in [0.2, 0.25) is 5.02 Å². The number of nitrogens with one attached hydrogen (secondary N) is 1. The first-order chi connectivity index (χ1) is 15.1. The lowest BCUT2D eigenvalue weighted by molar-refractivity contribution is -0.137. The molecule has 0 unspecified atom stereocenters. The van der Waals surface area contributed by atoms with Crippen molar-refractivity contribution in [1.82, 2.24) is 14.8 Å². The minimum atomic E-state index is -4.53. The largest absolute Gasteiger partial charge is 0.416 e. The van der Waals surface area contributed by atoms with Gasteiger partial charge in [0.1, 0.15) is 0 Å². The van der Waals surface area contributed by atoms with E-state index in [-0.39, 0.29) is 16.5 Å². The van der Waals surface area contributed by atoms with Crippen LogP contribution in [0, 0.1) is 0 Å². The third-order valence-corrected chi connectivity index (χ3v) is 5.85. The van der Waals surface area contributed by atoms with E-state index in [0.717, 1.165) is 41.2 Å². The van der Waals surface area contributed by atoms with Gasteiger partial charge in [-0.25, -0.2) is 0 Å². The maximum atomic E-state index is 12.9. The number of rotatable bonds is 7. The smallest absolute Gasteiger partial charge is 0.378 e. The highest BCUT2D eigenvalue weighted by Gasteiger charge is 2.31. The number of carbonyl (C=O) groups excluding carboxylic acids is 1. The Morgan fingerprint density at radius 1 is 1.19 bits per heavy atom. The molecule has 0 saturated carbocycles. The van der Waals surface area contributed by atoms with Crippen LogP contribution in [-0.2, 0) is 17.5 Å². The number of aromatic nitrogens is 3. The van der Waals surface area contributed by atoms with E-state index in [1.54, 1.807) is 0 Å². The Bertz CT molecular complexity index is 1120. The van der Waals surface area contributed by atoms with Crippen LogP contribution in [0.4, 0.5) is 24.5 Å². The van der Waals surface area contributed by atoms with Gasteiger partial charge in [0.25, 0.3) is 0 Å². The average Bonchev–Trinajstić information content (AvgIpc) is 3.16. The van der Waals surface area contributed by atoms with E-state index in [9.17, 15) is 18.0 Å². The zero-order valence-electron chi connectivity index (χ0n) is 17.6. The number of benzene rings is 2. The molecule has 1 aromatic heterocycles. The van der Waals surface area contributed by atoms with Crippen LogP contribution < -0.4 is 10.2 Å².